The first kappa shape index (κ1) is 24.0. The Labute approximate surface area is 204 Å². The monoisotopic (exact) mass is 472 g/mol. The summed E-state index contributed by atoms with van der Waals surface area (Å²) in [4.78, 5) is 37.1. The maximum absolute atomic E-state index is 12.9. The molecular weight excluding hydrogens is 444 g/mol. The van der Waals surface area contributed by atoms with Crippen LogP contribution in [0.5, 0.6) is 0 Å². The van der Waals surface area contributed by atoms with Crippen LogP contribution in [0, 0.1) is 13.8 Å². The number of ether oxygens (including phenoxy) is 1. The second-order valence-electron chi connectivity index (χ2n) is 9.30. The Morgan fingerprint density at radius 3 is 2.09 bits per heavy atom. The number of carboxylic acid groups (broad SMARTS) is 1. The third kappa shape index (κ3) is 4.75. The number of carbonyl (C=O) groups excluding carboxylic acids is 2. The molecule has 35 heavy (non-hydrogen) atoms. The van der Waals surface area contributed by atoms with E-state index >= 15 is 0 Å². The summed E-state index contributed by atoms with van der Waals surface area (Å²) >= 11 is 0. The van der Waals surface area contributed by atoms with E-state index in [9.17, 15) is 19.5 Å². The Morgan fingerprint density at radius 1 is 0.943 bits per heavy atom. The van der Waals surface area contributed by atoms with Crippen LogP contribution >= 0.6 is 0 Å². The molecule has 4 rings (SSSR count). The maximum Gasteiger partial charge on any atom is 0.408 e. The molecule has 2 amide bonds. The highest BCUT2D eigenvalue weighted by Gasteiger charge is 2.33. The molecule has 7 heteroatoms. The van der Waals surface area contributed by atoms with Crippen molar-refractivity contribution in [3.05, 3.63) is 88.5 Å². The van der Waals surface area contributed by atoms with Gasteiger partial charge in [-0.25, -0.2) is 9.59 Å². The van der Waals surface area contributed by atoms with Gasteiger partial charge in [-0.2, -0.15) is 0 Å². The Morgan fingerprint density at radius 2 is 1.51 bits per heavy atom. The lowest BCUT2D eigenvalue weighted by molar-refractivity contribution is -0.121. The lowest BCUT2D eigenvalue weighted by atomic mass is 9.98. The summed E-state index contributed by atoms with van der Waals surface area (Å²) < 4.78 is 5.55. The molecule has 1 aliphatic carbocycles. The van der Waals surface area contributed by atoms with Crippen LogP contribution in [0.2, 0.25) is 0 Å². The highest BCUT2D eigenvalue weighted by atomic mass is 16.5. The van der Waals surface area contributed by atoms with Crippen molar-refractivity contribution in [2.45, 2.75) is 39.2 Å². The summed E-state index contributed by atoms with van der Waals surface area (Å²) in [7, 11) is 0. The number of fused-ring (bicyclic) bond motifs is 3. The molecule has 180 valence electrons. The van der Waals surface area contributed by atoms with Crippen molar-refractivity contribution in [1.82, 2.24) is 5.32 Å². The molecule has 7 nitrogen and oxygen atoms in total. The van der Waals surface area contributed by atoms with Gasteiger partial charge in [-0.3, -0.25) is 4.79 Å². The highest BCUT2D eigenvalue weighted by molar-refractivity contribution is 6.00. The molecule has 3 aromatic rings. The van der Waals surface area contributed by atoms with Crippen molar-refractivity contribution >= 4 is 23.7 Å². The lowest BCUT2D eigenvalue weighted by Gasteiger charge is -2.25. The number of alkyl carbamates (subject to hydrolysis) is 1. The minimum absolute atomic E-state index is 0.0879. The number of nitrogens with one attached hydrogen (secondary N) is 2. The Kier molecular flexibility index (Phi) is 6.35. The van der Waals surface area contributed by atoms with E-state index in [4.69, 9.17) is 4.74 Å². The van der Waals surface area contributed by atoms with Gasteiger partial charge in [-0.1, -0.05) is 48.5 Å². The average Bonchev–Trinajstić information content (AvgIpc) is 3.13. The molecule has 0 bridgehead atoms. The molecule has 0 saturated carbocycles. The summed E-state index contributed by atoms with van der Waals surface area (Å²) in [6.07, 6.45) is -0.710. The second-order valence-corrected chi connectivity index (χ2v) is 9.30. The van der Waals surface area contributed by atoms with Crippen molar-refractivity contribution in [2.75, 3.05) is 11.9 Å². The van der Waals surface area contributed by atoms with Gasteiger partial charge in [0, 0.05) is 11.6 Å². The molecule has 0 radical (unpaired) electrons. The largest absolute Gasteiger partial charge is 0.478 e. The fraction of sp³-hybridized carbons (Fsp3) is 0.250. The fourth-order valence-electron chi connectivity index (χ4n) is 4.39. The molecule has 0 spiro atoms. The van der Waals surface area contributed by atoms with Crippen LogP contribution < -0.4 is 10.6 Å². The number of hydrogen-bond donors (Lipinski definition) is 3. The van der Waals surface area contributed by atoms with E-state index in [1.165, 1.54) is 6.07 Å². The normalized spacial score (nSPS) is 12.5. The van der Waals surface area contributed by atoms with Gasteiger partial charge in [-0.05, 0) is 73.2 Å². The molecule has 0 unspecified atom stereocenters. The van der Waals surface area contributed by atoms with E-state index in [0.717, 1.165) is 27.8 Å². The molecule has 3 N–H and O–H groups in total. The van der Waals surface area contributed by atoms with Gasteiger partial charge in [0.2, 0.25) is 5.91 Å². The predicted octanol–water partition coefficient (Wildman–Crippen LogP) is 5.26. The smallest absolute Gasteiger partial charge is 0.408 e. The van der Waals surface area contributed by atoms with Crippen LogP contribution in [0.15, 0.2) is 60.7 Å². The van der Waals surface area contributed by atoms with Gasteiger partial charge >= 0.3 is 12.1 Å². The zero-order valence-electron chi connectivity index (χ0n) is 20.1. The summed E-state index contributed by atoms with van der Waals surface area (Å²) in [6.45, 7) is 6.74. The molecule has 0 aliphatic heterocycles. The number of benzene rings is 3. The van der Waals surface area contributed by atoms with Crippen molar-refractivity contribution in [3.8, 4) is 11.1 Å². The van der Waals surface area contributed by atoms with Crippen LogP contribution in [0.1, 0.15) is 52.4 Å². The van der Waals surface area contributed by atoms with E-state index < -0.39 is 23.5 Å². The Balaban J connectivity index is 1.42. The number of aromatic carboxylic acids is 1. The van der Waals surface area contributed by atoms with Crippen molar-refractivity contribution in [3.63, 3.8) is 0 Å². The summed E-state index contributed by atoms with van der Waals surface area (Å²) in [5.41, 5.74) is 4.99. The number of hydrogen-bond acceptors (Lipinski definition) is 4. The van der Waals surface area contributed by atoms with Gasteiger partial charge in [-0.15, -0.1) is 0 Å². The molecule has 1 aliphatic rings. The number of carbonyl (C=O) groups is 3. The number of anilines is 1. The lowest BCUT2D eigenvalue weighted by Crippen LogP contribution is -2.52. The molecule has 0 aromatic heterocycles. The van der Waals surface area contributed by atoms with Crippen LogP contribution in [-0.2, 0) is 9.53 Å². The quantitative estimate of drug-likeness (QED) is 0.454. The van der Waals surface area contributed by atoms with Crippen molar-refractivity contribution in [1.29, 1.82) is 0 Å². The van der Waals surface area contributed by atoms with Gasteiger partial charge in [0.1, 0.15) is 12.1 Å². The van der Waals surface area contributed by atoms with E-state index in [1.807, 2.05) is 36.4 Å². The first-order chi connectivity index (χ1) is 16.6. The molecule has 0 saturated heterocycles. The van der Waals surface area contributed by atoms with E-state index in [2.05, 4.69) is 22.8 Å². The molecular formula is C28H28N2O5. The SMILES string of the molecule is Cc1cc(NC(=O)C(C)(C)NC(=O)OCC2c3ccccc3-c3ccccc32)cc(C(=O)O)c1C. The number of carboxylic acids is 1. The first-order valence-electron chi connectivity index (χ1n) is 11.4. The van der Waals surface area contributed by atoms with Crippen LogP contribution in [0.3, 0.4) is 0 Å². The Bertz CT molecular complexity index is 1280. The summed E-state index contributed by atoms with van der Waals surface area (Å²) in [5.74, 6) is -1.65. The number of rotatable bonds is 6. The third-order valence-corrected chi connectivity index (χ3v) is 6.48. The van der Waals surface area contributed by atoms with Crippen LogP contribution in [0.4, 0.5) is 10.5 Å². The summed E-state index contributed by atoms with van der Waals surface area (Å²) in [6, 6.07) is 19.2. The van der Waals surface area contributed by atoms with Crippen molar-refractivity contribution in [2.24, 2.45) is 0 Å². The molecule has 0 fully saturated rings. The minimum atomic E-state index is -1.30. The van der Waals surface area contributed by atoms with E-state index in [-0.39, 0.29) is 18.1 Å². The van der Waals surface area contributed by atoms with Gasteiger partial charge in [0.25, 0.3) is 0 Å². The van der Waals surface area contributed by atoms with E-state index in [0.29, 0.717) is 11.3 Å². The van der Waals surface area contributed by atoms with Crippen LogP contribution in [-0.4, -0.2) is 35.2 Å². The second kappa shape index (κ2) is 9.25. The first-order valence-corrected chi connectivity index (χ1v) is 11.4. The molecule has 0 heterocycles. The highest BCUT2D eigenvalue weighted by Crippen LogP contribution is 2.44. The third-order valence-electron chi connectivity index (χ3n) is 6.48. The van der Waals surface area contributed by atoms with Gasteiger partial charge < -0.3 is 20.5 Å². The van der Waals surface area contributed by atoms with Gasteiger partial charge in [0.05, 0.1) is 5.56 Å². The zero-order valence-corrected chi connectivity index (χ0v) is 20.1. The minimum Gasteiger partial charge on any atom is -0.478 e. The van der Waals surface area contributed by atoms with Crippen LogP contribution in [0.25, 0.3) is 11.1 Å². The van der Waals surface area contributed by atoms with E-state index in [1.54, 1.807) is 33.8 Å². The fourth-order valence-corrected chi connectivity index (χ4v) is 4.39. The topological polar surface area (TPSA) is 105 Å². The summed E-state index contributed by atoms with van der Waals surface area (Å²) in [5, 5.41) is 14.7. The predicted molar refractivity (Wildman–Crippen MR) is 134 cm³/mol. The maximum atomic E-state index is 12.9. The van der Waals surface area contributed by atoms with Crippen molar-refractivity contribution < 1.29 is 24.2 Å². The van der Waals surface area contributed by atoms with Gasteiger partial charge in [0.15, 0.2) is 0 Å². The Hall–Kier alpha value is -4.13. The standard InChI is InChI=1S/C28H28N2O5/c1-16-13-18(14-23(17(16)2)25(31)32)29-26(33)28(3,4)30-27(34)35-15-24-21-11-7-5-9-19(21)20-10-6-8-12-22(20)24/h5-14,24H,15H2,1-4H3,(H,29,33)(H,30,34)(H,31,32). The average molecular weight is 473 g/mol. The molecule has 0 atom stereocenters. The number of amides is 2. The number of aryl methyl sites for hydroxylation is 1. The zero-order chi connectivity index (χ0) is 25.3. The molecule has 3 aromatic carbocycles.